The molecule has 1 aromatic carbocycles. The summed E-state index contributed by atoms with van der Waals surface area (Å²) >= 11 is 0. The molecule has 9 heteroatoms. The van der Waals surface area contributed by atoms with Crippen LogP contribution < -0.4 is 10.6 Å². The molecule has 2 aliphatic heterocycles. The summed E-state index contributed by atoms with van der Waals surface area (Å²) in [6.45, 7) is 5.79. The summed E-state index contributed by atoms with van der Waals surface area (Å²) in [6.07, 6.45) is 6.44. The SMILES string of the molecule is CCOC(=O)C1=C(CN2CCN(C3CCCCC3)CC2)NC(=O)N[C@H]1c1ccc(F)c(F)c1. The molecule has 0 aromatic heterocycles. The minimum atomic E-state index is -1.04. The number of urea groups is 1. The van der Waals surface area contributed by atoms with Gasteiger partial charge in [-0.25, -0.2) is 18.4 Å². The lowest BCUT2D eigenvalue weighted by molar-refractivity contribution is -0.139. The van der Waals surface area contributed by atoms with Gasteiger partial charge >= 0.3 is 12.0 Å². The summed E-state index contributed by atoms with van der Waals surface area (Å²) in [5.74, 6) is -2.61. The van der Waals surface area contributed by atoms with Crippen molar-refractivity contribution in [1.29, 1.82) is 0 Å². The minimum absolute atomic E-state index is 0.161. The lowest BCUT2D eigenvalue weighted by Gasteiger charge is -2.41. The predicted molar refractivity (Wildman–Crippen MR) is 119 cm³/mol. The van der Waals surface area contributed by atoms with E-state index >= 15 is 0 Å². The van der Waals surface area contributed by atoms with Gasteiger partial charge in [0.1, 0.15) is 0 Å². The van der Waals surface area contributed by atoms with E-state index in [1.807, 2.05) is 0 Å². The van der Waals surface area contributed by atoms with Crippen molar-refractivity contribution in [3.8, 4) is 0 Å². The van der Waals surface area contributed by atoms with Gasteiger partial charge in [0.15, 0.2) is 11.6 Å². The van der Waals surface area contributed by atoms with Crippen molar-refractivity contribution in [2.75, 3.05) is 39.3 Å². The number of halogens is 2. The molecule has 7 nitrogen and oxygen atoms in total. The van der Waals surface area contributed by atoms with E-state index in [4.69, 9.17) is 4.74 Å². The van der Waals surface area contributed by atoms with Crippen molar-refractivity contribution in [1.82, 2.24) is 20.4 Å². The molecule has 33 heavy (non-hydrogen) atoms. The molecule has 4 rings (SSSR count). The van der Waals surface area contributed by atoms with E-state index in [1.165, 1.54) is 38.2 Å². The van der Waals surface area contributed by atoms with Gasteiger partial charge in [-0.1, -0.05) is 25.3 Å². The Morgan fingerprint density at radius 1 is 1.09 bits per heavy atom. The van der Waals surface area contributed by atoms with E-state index in [0.717, 1.165) is 38.3 Å². The maximum atomic E-state index is 13.9. The number of esters is 1. The number of ether oxygens (including phenoxy) is 1. The van der Waals surface area contributed by atoms with E-state index in [2.05, 4.69) is 20.4 Å². The van der Waals surface area contributed by atoms with E-state index < -0.39 is 29.7 Å². The number of carbonyl (C=O) groups excluding carboxylic acids is 2. The van der Waals surface area contributed by atoms with Gasteiger partial charge in [-0.2, -0.15) is 0 Å². The Labute approximate surface area is 193 Å². The number of carbonyl (C=O) groups is 2. The van der Waals surface area contributed by atoms with Gasteiger partial charge in [-0.05, 0) is 37.5 Å². The van der Waals surface area contributed by atoms with Crippen LogP contribution in [-0.4, -0.2) is 67.2 Å². The Morgan fingerprint density at radius 2 is 1.82 bits per heavy atom. The third kappa shape index (κ3) is 5.52. The molecule has 1 aromatic rings. The molecule has 2 heterocycles. The molecular weight excluding hydrogens is 430 g/mol. The highest BCUT2D eigenvalue weighted by Gasteiger charge is 2.35. The maximum absolute atomic E-state index is 13.9. The van der Waals surface area contributed by atoms with Gasteiger partial charge in [0, 0.05) is 44.5 Å². The average molecular weight is 463 g/mol. The number of piperazine rings is 1. The van der Waals surface area contributed by atoms with Crippen molar-refractivity contribution in [2.24, 2.45) is 0 Å². The van der Waals surface area contributed by atoms with E-state index in [0.29, 0.717) is 18.3 Å². The van der Waals surface area contributed by atoms with Crippen LogP contribution in [-0.2, 0) is 9.53 Å². The summed E-state index contributed by atoms with van der Waals surface area (Å²) in [6, 6.07) is 2.61. The lowest BCUT2D eigenvalue weighted by Crippen LogP contribution is -2.53. The van der Waals surface area contributed by atoms with Crippen LogP contribution in [0.5, 0.6) is 0 Å². The molecule has 2 amide bonds. The Bertz CT molecular complexity index is 909. The van der Waals surface area contributed by atoms with Crippen molar-refractivity contribution in [3.05, 3.63) is 46.7 Å². The fourth-order valence-electron chi connectivity index (χ4n) is 5.09. The maximum Gasteiger partial charge on any atom is 0.338 e. The summed E-state index contributed by atoms with van der Waals surface area (Å²) in [7, 11) is 0. The normalized spacial score (nSPS) is 23.2. The van der Waals surface area contributed by atoms with Crippen LogP contribution in [0.25, 0.3) is 0 Å². The molecule has 1 saturated heterocycles. The number of benzene rings is 1. The molecule has 2 N–H and O–H groups in total. The first-order valence-electron chi connectivity index (χ1n) is 11.8. The molecule has 180 valence electrons. The lowest BCUT2D eigenvalue weighted by atomic mass is 9.93. The number of rotatable bonds is 6. The second kappa shape index (κ2) is 10.6. The first kappa shape index (κ1) is 23.6. The molecule has 2 fully saturated rings. The number of hydrogen-bond donors (Lipinski definition) is 2. The second-order valence-electron chi connectivity index (χ2n) is 8.92. The van der Waals surface area contributed by atoms with Crippen molar-refractivity contribution < 1.29 is 23.1 Å². The topological polar surface area (TPSA) is 73.9 Å². The molecule has 1 saturated carbocycles. The van der Waals surface area contributed by atoms with Crippen LogP contribution >= 0.6 is 0 Å². The molecule has 0 unspecified atom stereocenters. The van der Waals surface area contributed by atoms with Crippen LogP contribution in [0.4, 0.5) is 13.6 Å². The quantitative estimate of drug-likeness (QED) is 0.636. The number of hydrogen-bond acceptors (Lipinski definition) is 5. The van der Waals surface area contributed by atoms with Crippen LogP contribution in [0.1, 0.15) is 50.6 Å². The first-order chi connectivity index (χ1) is 16.0. The van der Waals surface area contributed by atoms with Gasteiger partial charge in [-0.15, -0.1) is 0 Å². The molecule has 0 spiro atoms. The van der Waals surface area contributed by atoms with E-state index in [-0.39, 0.29) is 17.7 Å². The molecule has 0 radical (unpaired) electrons. The second-order valence-corrected chi connectivity index (χ2v) is 8.92. The Morgan fingerprint density at radius 3 is 2.48 bits per heavy atom. The zero-order valence-corrected chi connectivity index (χ0v) is 19.0. The predicted octanol–water partition coefficient (Wildman–Crippen LogP) is 3.09. The van der Waals surface area contributed by atoms with Crippen molar-refractivity contribution in [2.45, 2.75) is 51.1 Å². The van der Waals surface area contributed by atoms with Crippen LogP contribution in [0.15, 0.2) is 29.5 Å². The highest BCUT2D eigenvalue weighted by Crippen LogP contribution is 2.30. The van der Waals surface area contributed by atoms with Crippen LogP contribution in [0.2, 0.25) is 0 Å². The molecular formula is C24H32F2N4O3. The summed E-state index contributed by atoms with van der Waals surface area (Å²) in [5.41, 5.74) is 0.946. The van der Waals surface area contributed by atoms with Crippen LogP contribution in [0, 0.1) is 11.6 Å². The first-order valence-corrected chi connectivity index (χ1v) is 11.8. The Balaban J connectivity index is 1.54. The Hall–Kier alpha value is -2.52. The molecule has 1 aliphatic carbocycles. The Kier molecular flexibility index (Phi) is 7.60. The molecule has 3 aliphatic rings. The van der Waals surface area contributed by atoms with Crippen molar-refractivity contribution >= 4 is 12.0 Å². The summed E-state index contributed by atoms with van der Waals surface area (Å²) in [5, 5.41) is 5.42. The van der Waals surface area contributed by atoms with Gasteiger partial charge < -0.3 is 15.4 Å². The number of nitrogens with one attached hydrogen (secondary N) is 2. The van der Waals surface area contributed by atoms with Crippen molar-refractivity contribution in [3.63, 3.8) is 0 Å². The van der Waals surface area contributed by atoms with Gasteiger partial charge in [-0.3, -0.25) is 9.80 Å². The van der Waals surface area contributed by atoms with E-state index in [9.17, 15) is 18.4 Å². The zero-order valence-electron chi connectivity index (χ0n) is 19.0. The summed E-state index contributed by atoms with van der Waals surface area (Å²) < 4.78 is 32.7. The zero-order chi connectivity index (χ0) is 23.4. The van der Waals surface area contributed by atoms with E-state index in [1.54, 1.807) is 6.92 Å². The number of amides is 2. The third-order valence-electron chi connectivity index (χ3n) is 6.81. The third-order valence-corrected chi connectivity index (χ3v) is 6.81. The van der Waals surface area contributed by atoms with Crippen LogP contribution in [0.3, 0.4) is 0 Å². The van der Waals surface area contributed by atoms with Gasteiger partial charge in [0.05, 0.1) is 18.2 Å². The smallest absolute Gasteiger partial charge is 0.338 e. The summed E-state index contributed by atoms with van der Waals surface area (Å²) in [4.78, 5) is 30.1. The highest BCUT2D eigenvalue weighted by atomic mass is 19.2. The van der Waals surface area contributed by atoms with Gasteiger partial charge in [0.25, 0.3) is 0 Å². The molecule has 1 atom stereocenters. The fraction of sp³-hybridized carbons (Fsp3) is 0.583. The highest BCUT2D eigenvalue weighted by molar-refractivity contribution is 5.95. The monoisotopic (exact) mass is 462 g/mol. The largest absolute Gasteiger partial charge is 0.463 e. The van der Waals surface area contributed by atoms with Gasteiger partial charge in [0.2, 0.25) is 0 Å². The number of nitrogens with zero attached hydrogens (tertiary/aromatic N) is 2. The average Bonchev–Trinajstić information content (AvgIpc) is 2.81. The minimum Gasteiger partial charge on any atom is -0.463 e. The molecule has 0 bridgehead atoms. The fourth-order valence-corrected chi connectivity index (χ4v) is 5.09. The standard InChI is InChI=1S/C24H32F2N4O3/c1-2-33-23(31)21-20(15-29-10-12-30(13-11-29)17-6-4-3-5-7-17)27-24(32)28-22(21)16-8-9-18(25)19(26)14-16/h8-9,14,17,22H,2-7,10-13,15H2,1H3,(H2,27,28,32)/t22-/m0/s1.